The maximum Gasteiger partial charge on any atom is 0.192 e. The Morgan fingerprint density at radius 3 is 2.35 bits per heavy atom. The van der Waals surface area contributed by atoms with E-state index >= 15 is 0 Å². The van der Waals surface area contributed by atoms with Crippen LogP contribution in [0.2, 0.25) is 18.1 Å². The Bertz CT molecular complexity index is 363. The number of ether oxygens (including phenoxy) is 3. The first-order chi connectivity index (χ1) is 8.93. The molecule has 6 heteroatoms. The van der Waals surface area contributed by atoms with E-state index in [1.54, 1.807) is 0 Å². The molecule has 2 saturated heterocycles. The summed E-state index contributed by atoms with van der Waals surface area (Å²) in [5.41, 5.74) is 0. The average molecular weight is 304 g/mol. The molecule has 2 aliphatic rings. The molecule has 2 aliphatic heterocycles. The van der Waals surface area contributed by atoms with Crippen molar-refractivity contribution in [2.75, 3.05) is 6.61 Å². The topological polar surface area (TPSA) is 57.2 Å². The Hall–Kier alpha value is 0.0169. The van der Waals surface area contributed by atoms with Crippen LogP contribution in [0.25, 0.3) is 0 Å². The first-order valence-corrected chi connectivity index (χ1v) is 10.2. The van der Waals surface area contributed by atoms with E-state index in [4.69, 9.17) is 18.6 Å². The summed E-state index contributed by atoms with van der Waals surface area (Å²) in [6.45, 7) is 14.9. The molecule has 0 amide bonds. The normalized spacial score (nSPS) is 37.8. The van der Waals surface area contributed by atoms with Gasteiger partial charge >= 0.3 is 0 Å². The lowest BCUT2D eigenvalue weighted by Gasteiger charge is -2.44. The summed E-state index contributed by atoms with van der Waals surface area (Å²) < 4.78 is 23.5. The van der Waals surface area contributed by atoms with E-state index in [1.807, 2.05) is 13.8 Å². The van der Waals surface area contributed by atoms with Gasteiger partial charge in [0.05, 0.1) is 6.61 Å². The standard InChI is InChI=1S/C14H28O5Si/c1-13(2,3)20(6,7)19-11-10-9(8-16-12(11)15)17-14(4,5)18-10/h9-12,15H,8H2,1-7H3/t9-,10-,11-,12-/m0/s1. The second kappa shape index (κ2) is 5.03. The number of hydrogen-bond acceptors (Lipinski definition) is 5. The molecular weight excluding hydrogens is 276 g/mol. The van der Waals surface area contributed by atoms with Crippen molar-refractivity contribution in [2.24, 2.45) is 0 Å². The van der Waals surface area contributed by atoms with Crippen molar-refractivity contribution < 1.29 is 23.7 Å². The van der Waals surface area contributed by atoms with Gasteiger partial charge in [-0.1, -0.05) is 20.8 Å². The molecule has 0 saturated carbocycles. The molecule has 1 N–H and O–H groups in total. The van der Waals surface area contributed by atoms with Gasteiger partial charge in [0.1, 0.15) is 18.3 Å². The van der Waals surface area contributed by atoms with Crippen LogP contribution in [0.1, 0.15) is 34.6 Å². The Morgan fingerprint density at radius 2 is 1.80 bits per heavy atom. The van der Waals surface area contributed by atoms with Crippen molar-refractivity contribution in [3.8, 4) is 0 Å². The van der Waals surface area contributed by atoms with Crippen LogP contribution in [0.4, 0.5) is 0 Å². The number of aliphatic hydroxyl groups excluding tert-OH is 1. The molecule has 2 heterocycles. The summed E-state index contributed by atoms with van der Waals surface area (Å²) in [7, 11) is -2.02. The fourth-order valence-corrected chi connectivity index (χ4v) is 3.65. The molecule has 0 spiro atoms. The Morgan fingerprint density at radius 1 is 1.20 bits per heavy atom. The van der Waals surface area contributed by atoms with Gasteiger partial charge < -0.3 is 23.7 Å². The number of aliphatic hydroxyl groups is 1. The second-order valence-corrected chi connectivity index (χ2v) is 12.5. The molecule has 0 aromatic rings. The summed E-state index contributed by atoms with van der Waals surface area (Å²) in [4.78, 5) is 0. The lowest BCUT2D eigenvalue weighted by molar-refractivity contribution is -0.225. The van der Waals surface area contributed by atoms with E-state index in [9.17, 15) is 5.11 Å². The van der Waals surface area contributed by atoms with Gasteiger partial charge in [-0.2, -0.15) is 0 Å². The largest absolute Gasteiger partial charge is 0.406 e. The summed E-state index contributed by atoms with van der Waals surface area (Å²) in [5.74, 6) is -0.655. The Labute approximate surface area is 122 Å². The highest BCUT2D eigenvalue weighted by Gasteiger charge is 2.53. The van der Waals surface area contributed by atoms with Gasteiger partial charge in [0.2, 0.25) is 0 Å². The highest BCUT2D eigenvalue weighted by molar-refractivity contribution is 6.74. The van der Waals surface area contributed by atoms with Crippen molar-refractivity contribution in [1.82, 2.24) is 0 Å². The third kappa shape index (κ3) is 3.10. The van der Waals surface area contributed by atoms with Gasteiger partial charge in [-0.15, -0.1) is 0 Å². The van der Waals surface area contributed by atoms with Crippen LogP contribution in [0.3, 0.4) is 0 Å². The smallest absolute Gasteiger partial charge is 0.192 e. The van der Waals surface area contributed by atoms with Crippen LogP contribution in [-0.2, 0) is 18.6 Å². The predicted octanol–water partition coefficient (Wildman–Crippen LogP) is 2.25. The zero-order chi connectivity index (χ0) is 15.3. The van der Waals surface area contributed by atoms with Gasteiger partial charge in [-0.3, -0.25) is 0 Å². The maximum atomic E-state index is 10.2. The van der Waals surface area contributed by atoms with E-state index in [0.29, 0.717) is 6.61 Å². The minimum atomic E-state index is -2.02. The van der Waals surface area contributed by atoms with Crippen LogP contribution in [0.15, 0.2) is 0 Å². The van der Waals surface area contributed by atoms with Crippen LogP contribution < -0.4 is 0 Å². The van der Waals surface area contributed by atoms with E-state index in [2.05, 4.69) is 33.9 Å². The number of fused-ring (bicyclic) bond motifs is 1. The molecule has 0 aromatic carbocycles. The van der Waals surface area contributed by atoms with Crippen LogP contribution in [0, 0.1) is 0 Å². The summed E-state index contributed by atoms with van der Waals surface area (Å²) in [5, 5.41) is 10.2. The highest BCUT2D eigenvalue weighted by Crippen LogP contribution is 2.41. The van der Waals surface area contributed by atoms with E-state index in [0.717, 1.165) is 0 Å². The van der Waals surface area contributed by atoms with Gasteiger partial charge in [0.25, 0.3) is 0 Å². The van der Waals surface area contributed by atoms with E-state index in [1.165, 1.54) is 0 Å². The first-order valence-electron chi connectivity index (χ1n) is 7.26. The third-order valence-electron chi connectivity index (χ3n) is 4.49. The summed E-state index contributed by atoms with van der Waals surface area (Å²) in [6, 6.07) is 0. The zero-order valence-corrected chi connectivity index (χ0v) is 14.6. The van der Waals surface area contributed by atoms with Crippen molar-refractivity contribution in [3.63, 3.8) is 0 Å². The molecule has 2 fully saturated rings. The molecule has 20 heavy (non-hydrogen) atoms. The monoisotopic (exact) mass is 304 g/mol. The van der Waals surface area contributed by atoms with Crippen molar-refractivity contribution in [1.29, 1.82) is 0 Å². The molecule has 0 aromatic heterocycles. The van der Waals surface area contributed by atoms with E-state index in [-0.39, 0.29) is 17.2 Å². The molecule has 4 atom stereocenters. The van der Waals surface area contributed by atoms with Crippen LogP contribution in [-0.4, -0.2) is 50.4 Å². The molecule has 2 rings (SSSR count). The molecule has 0 unspecified atom stereocenters. The molecule has 0 bridgehead atoms. The number of hydrogen-bond donors (Lipinski definition) is 1. The van der Waals surface area contributed by atoms with Crippen molar-refractivity contribution in [2.45, 2.75) is 83.1 Å². The predicted molar refractivity (Wildman–Crippen MR) is 77.9 cm³/mol. The summed E-state index contributed by atoms with van der Waals surface area (Å²) in [6.07, 6.45) is -1.90. The quantitative estimate of drug-likeness (QED) is 0.793. The second-order valence-electron chi connectivity index (χ2n) is 7.71. The number of rotatable bonds is 2. The Kier molecular flexibility index (Phi) is 4.13. The van der Waals surface area contributed by atoms with Gasteiger partial charge in [-0.05, 0) is 32.0 Å². The zero-order valence-electron chi connectivity index (χ0n) is 13.6. The van der Waals surface area contributed by atoms with Crippen molar-refractivity contribution in [3.05, 3.63) is 0 Å². The average Bonchev–Trinajstić information content (AvgIpc) is 2.56. The molecule has 0 radical (unpaired) electrons. The lowest BCUT2D eigenvalue weighted by atomic mass is 10.1. The van der Waals surface area contributed by atoms with Crippen LogP contribution >= 0.6 is 0 Å². The molecular formula is C14H28O5Si. The van der Waals surface area contributed by atoms with Gasteiger partial charge in [0.15, 0.2) is 20.4 Å². The minimum Gasteiger partial charge on any atom is -0.406 e. The molecule has 5 nitrogen and oxygen atoms in total. The van der Waals surface area contributed by atoms with E-state index < -0.39 is 26.5 Å². The lowest BCUT2D eigenvalue weighted by Crippen LogP contribution is -2.58. The summed E-state index contributed by atoms with van der Waals surface area (Å²) >= 11 is 0. The molecule has 118 valence electrons. The van der Waals surface area contributed by atoms with Gasteiger partial charge in [0, 0.05) is 0 Å². The molecule has 0 aliphatic carbocycles. The van der Waals surface area contributed by atoms with Crippen LogP contribution in [0.5, 0.6) is 0 Å². The maximum absolute atomic E-state index is 10.2. The van der Waals surface area contributed by atoms with Gasteiger partial charge in [-0.25, -0.2) is 0 Å². The van der Waals surface area contributed by atoms with Crippen molar-refractivity contribution >= 4 is 8.32 Å². The third-order valence-corrected chi connectivity index (χ3v) is 8.97. The SMILES string of the molecule is CC1(C)O[C@@H]2[C@H](O[Si](C)(C)C(C)(C)C)[C@@H](O)OC[C@@H]2O1. The fourth-order valence-electron chi connectivity index (χ4n) is 2.36. The Balaban J connectivity index is 2.17. The minimum absolute atomic E-state index is 0.0641. The first kappa shape index (κ1) is 16.4. The fraction of sp³-hybridized carbons (Fsp3) is 1.00. The highest BCUT2D eigenvalue weighted by atomic mass is 28.4.